The van der Waals surface area contributed by atoms with E-state index in [1.807, 2.05) is 0 Å². The molecule has 0 unspecified atom stereocenters. The molecule has 1 heterocycles. The molecule has 1 rings (SSSR count). The van der Waals surface area contributed by atoms with Crippen molar-refractivity contribution in [3.8, 4) is 0 Å². The Hall–Kier alpha value is 0.280. The molecule has 0 aromatic carbocycles. The van der Waals surface area contributed by atoms with Crippen LogP contribution < -0.4 is 0 Å². The Bertz CT molecular complexity index is 166. The predicted molar refractivity (Wildman–Crippen MR) is 42.7 cm³/mol. The molecule has 72 valence electrons. The number of rotatable bonds is 1. The summed E-state index contributed by atoms with van der Waals surface area (Å²) in [6, 6.07) is 0. The summed E-state index contributed by atoms with van der Waals surface area (Å²) in [5.74, 6) is 0. The van der Waals surface area contributed by atoms with Crippen molar-refractivity contribution in [1.29, 1.82) is 0 Å². The van der Waals surface area contributed by atoms with Crippen LogP contribution in [0.5, 0.6) is 0 Å². The van der Waals surface area contributed by atoms with Gasteiger partial charge in [0.25, 0.3) is 0 Å². The van der Waals surface area contributed by atoms with Crippen LogP contribution in [-0.4, -0.2) is 56.5 Å². The molecule has 1 aliphatic heterocycles. The van der Waals surface area contributed by atoms with E-state index in [1.165, 1.54) is 0 Å². The lowest BCUT2D eigenvalue weighted by Crippen LogP contribution is -2.59. The summed E-state index contributed by atoms with van der Waals surface area (Å²) in [5, 5.41) is 36.4. The van der Waals surface area contributed by atoms with Gasteiger partial charge in [-0.15, -0.1) is 0 Å². The number of halogens is 1. The first-order valence-corrected chi connectivity index (χ1v) is 4.28. The van der Waals surface area contributed by atoms with Crippen molar-refractivity contribution in [1.82, 2.24) is 0 Å². The van der Waals surface area contributed by atoms with Crippen molar-refractivity contribution in [2.75, 3.05) is 13.2 Å². The number of aliphatic hydroxyl groups excluding tert-OH is 4. The van der Waals surface area contributed by atoms with E-state index in [-0.39, 0.29) is 6.61 Å². The van der Waals surface area contributed by atoms with Crippen LogP contribution in [0, 0.1) is 0 Å². The standard InChI is InChI=1S/C6H11BrO5/c7-6(2-8)5(11)4(10)3(9)1-12-6/h3-5,8-11H,1-2H2/t3-,4-,5+,6+/m1/s1. The number of alkyl halides is 1. The van der Waals surface area contributed by atoms with Gasteiger partial charge in [0.05, 0.1) is 13.2 Å². The molecule has 1 aliphatic rings. The Kier molecular flexibility index (Phi) is 3.08. The lowest BCUT2D eigenvalue weighted by Gasteiger charge is -2.40. The van der Waals surface area contributed by atoms with Crippen molar-refractivity contribution >= 4 is 15.9 Å². The van der Waals surface area contributed by atoms with Gasteiger partial charge in [-0.05, 0) is 15.9 Å². The average molecular weight is 243 g/mol. The fourth-order valence-electron chi connectivity index (χ4n) is 1.01. The van der Waals surface area contributed by atoms with Gasteiger partial charge in [-0.3, -0.25) is 0 Å². The zero-order chi connectivity index (χ0) is 9.35. The molecule has 0 amide bonds. The van der Waals surface area contributed by atoms with E-state index in [0.717, 1.165) is 0 Å². The van der Waals surface area contributed by atoms with Crippen LogP contribution in [0.1, 0.15) is 0 Å². The summed E-state index contributed by atoms with van der Waals surface area (Å²) in [6.45, 7) is -0.595. The van der Waals surface area contributed by atoms with Gasteiger partial charge in [0.1, 0.15) is 18.3 Å². The van der Waals surface area contributed by atoms with Crippen LogP contribution in [0.15, 0.2) is 0 Å². The normalized spacial score (nSPS) is 49.2. The van der Waals surface area contributed by atoms with Gasteiger partial charge in [0.15, 0.2) is 4.51 Å². The van der Waals surface area contributed by atoms with E-state index >= 15 is 0 Å². The molecule has 4 atom stereocenters. The molecule has 0 saturated carbocycles. The van der Waals surface area contributed by atoms with Crippen molar-refractivity contribution in [2.24, 2.45) is 0 Å². The maximum Gasteiger partial charge on any atom is 0.174 e. The third-order valence-electron chi connectivity index (χ3n) is 1.87. The van der Waals surface area contributed by atoms with Gasteiger partial charge >= 0.3 is 0 Å². The van der Waals surface area contributed by atoms with Crippen LogP contribution >= 0.6 is 15.9 Å². The lowest BCUT2D eigenvalue weighted by molar-refractivity contribution is -0.206. The highest BCUT2D eigenvalue weighted by molar-refractivity contribution is 9.10. The molecule has 0 aliphatic carbocycles. The summed E-state index contributed by atoms with van der Waals surface area (Å²) >= 11 is 2.93. The third kappa shape index (κ3) is 1.63. The summed E-state index contributed by atoms with van der Waals surface area (Å²) in [7, 11) is 0. The summed E-state index contributed by atoms with van der Waals surface area (Å²) < 4.78 is 3.56. The largest absolute Gasteiger partial charge is 0.392 e. The molecule has 0 aromatic rings. The van der Waals surface area contributed by atoms with Crippen molar-refractivity contribution < 1.29 is 25.2 Å². The highest BCUT2D eigenvalue weighted by Gasteiger charge is 2.47. The quantitative estimate of drug-likeness (QED) is 0.407. The predicted octanol–water partition coefficient (Wildman–Crippen LogP) is -1.82. The van der Waals surface area contributed by atoms with E-state index in [4.69, 9.17) is 14.9 Å². The van der Waals surface area contributed by atoms with Crippen LogP contribution in [0.2, 0.25) is 0 Å². The molecule has 12 heavy (non-hydrogen) atoms. The first-order valence-electron chi connectivity index (χ1n) is 3.49. The molecule has 4 N–H and O–H groups in total. The smallest absolute Gasteiger partial charge is 0.174 e. The second-order valence-corrected chi connectivity index (χ2v) is 4.10. The molecule has 1 saturated heterocycles. The van der Waals surface area contributed by atoms with Gasteiger partial charge in [-0.25, -0.2) is 0 Å². The first-order chi connectivity index (χ1) is 5.51. The summed E-state index contributed by atoms with van der Waals surface area (Å²) in [4.78, 5) is 0. The van der Waals surface area contributed by atoms with Gasteiger partial charge in [-0.2, -0.15) is 0 Å². The second-order valence-electron chi connectivity index (χ2n) is 2.76. The fourth-order valence-corrected chi connectivity index (χ4v) is 1.42. The van der Waals surface area contributed by atoms with Gasteiger partial charge in [0, 0.05) is 0 Å². The Morgan fingerprint density at radius 3 is 2.50 bits per heavy atom. The molecular weight excluding hydrogens is 232 g/mol. The fraction of sp³-hybridized carbons (Fsp3) is 1.00. The number of aliphatic hydroxyl groups is 4. The minimum Gasteiger partial charge on any atom is -0.392 e. The minimum absolute atomic E-state index is 0.121. The Balaban J connectivity index is 2.71. The van der Waals surface area contributed by atoms with Gasteiger partial charge < -0.3 is 25.2 Å². The SMILES string of the molecule is OC[C@]1(Br)OC[C@@H](O)[C@@H](O)[C@@H]1O. The highest BCUT2D eigenvalue weighted by atomic mass is 79.9. The molecule has 0 spiro atoms. The molecule has 5 nitrogen and oxygen atoms in total. The zero-order valence-electron chi connectivity index (χ0n) is 6.22. The third-order valence-corrected chi connectivity index (χ3v) is 2.82. The molecule has 0 aromatic heterocycles. The van der Waals surface area contributed by atoms with Crippen LogP contribution in [0.4, 0.5) is 0 Å². The Morgan fingerprint density at radius 1 is 1.42 bits per heavy atom. The number of hydrogen-bond acceptors (Lipinski definition) is 5. The van der Waals surface area contributed by atoms with Gasteiger partial charge in [-0.1, -0.05) is 0 Å². The molecule has 1 fully saturated rings. The Labute approximate surface area is 77.7 Å². The van der Waals surface area contributed by atoms with E-state index < -0.39 is 29.4 Å². The summed E-state index contributed by atoms with van der Waals surface area (Å²) in [5.41, 5.74) is 0. The van der Waals surface area contributed by atoms with Crippen molar-refractivity contribution in [2.45, 2.75) is 22.8 Å². The van der Waals surface area contributed by atoms with Gasteiger partial charge in [0.2, 0.25) is 0 Å². The number of hydrogen-bond donors (Lipinski definition) is 4. The minimum atomic E-state index is -1.36. The first kappa shape index (κ1) is 10.4. The lowest BCUT2D eigenvalue weighted by atomic mass is 10.0. The molecule has 0 bridgehead atoms. The average Bonchev–Trinajstić information content (AvgIpc) is 2.09. The Morgan fingerprint density at radius 2 is 2.00 bits per heavy atom. The maximum absolute atomic E-state index is 9.33. The van der Waals surface area contributed by atoms with E-state index in [2.05, 4.69) is 15.9 Å². The van der Waals surface area contributed by atoms with E-state index in [0.29, 0.717) is 0 Å². The number of ether oxygens (including phenoxy) is 1. The maximum atomic E-state index is 9.33. The molecular formula is C6H11BrO5. The molecule has 0 radical (unpaired) electrons. The molecule has 6 heteroatoms. The van der Waals surface area contributed by atoms with E-state index in [9.17, 15) is 10.2 Å². The van der Waals surface area contributed by atoms with E-state index in [1.54, 1.807) is 0 Å². The zero-order valence-corrected chi connectivity index (χ0v) is 7.81. The summed E-state index contributed by atoms with van der Waals surface area (Å²) in [6.07, 6.45) is -3.76. The topological polar surface area (TPSA) is 90.2 Å². The second kappa shape index (κ2) is 3.57. The monoisotopic (exact) mass is 242 g/mol. The van der Waals surface area contributed by atoms with Crippen molar-refractivity contribution in [3.63, 3.8) is 0 Å². The van der Waals surface area contributed by atoms with Crippen LogP contribution in [0.25, 0.3) is 0 Å². The van der Waals surface area contributed by atoms with Crippen LogP contribution in [-0.2, 0) is 4.74 Å². The highest BCUT2D eigenvalue weighted by Crippen LogP contribution is 2.31. The van der Waals surface area contributed by atoms with Crippen LogP contribution in [0.3, 0.4) is 0 Å². The van der Waals surface area contributed by atoms with Crippen molar-refractivity contribution in [3.05, 3.63) is 0 Å².